The third-order valence-corrected chi connectivity index (χ3v) is 1.48. The van der Waals surface area contributed by atoms with Crippen LogP contribution < -0.4 is 0 Å². The van der Waals surface area contributed by atoms with Crippen molar-refractivity contribution in [1.29, 1.82) is 0 Å². The Bertz CT molecular complexity index is 329. The number of hydrogen-bond acceptors (Lipinski definition) is 3. The molecule has 0 unspecified atom stereocenters. The number of aliphatic carboxylic acids is 1. The Labute approximate surface area is 81.3 Å². The van der Waals surface area contributed by atoms with Gasteiger partial charge in [0.25, 0.3) is 0 Å². The second-order valence-corrected chi connectivity index (χ2v) is 2.47. The van der Waals surface area contributed by atoms with E-state index < -0.39 is 5.97 Å². The van der Waals surface area contributed by atoms with Gasteiger partial charge >= 0.3 is 5.97 Å². The van der Waals surface area contributed by atoms with Gasteiger partial charge in [-0.1, -0.05) is 30.3 Å². The minimum Gasteiger partial charge on any atom is -0.475 e. The molecule has 0 saturated heterocycles. The molecule has 0 aliphatic carbocycles. The Morgan fingerprint density at radius 1 is 1.36 bits per heavy atom. The van der Waals surface area contributed by atoms with E-state index in [0.29, 0.717) is 0 Å². The zero-order valence-corrected chi connectivity index (χ0v) is 7.64. The zero-order chi connectivity index (χ0) is 10.4. The fraction of sp³-hybridized carbons (Fsp3) is 0.100. The third-order valence-electron chi connectivity index (χ3n) is 1.48. The van der Waals surface area contributed by atoms with E-state index in [-0.39, 0.29) is 5.76 Å². The normalized spacial score (nSPS) is 11.1. The predicted molar refractivity (Wildman–Crippen MR) is 50.1 cm³/mol. The van der Waals surface area contributed by atoms with E-state index in [1.165, 1.54) is 13.2 Å². The van der Waals surface area contributed by atoms with E-state index in [1.807, 2.05) is 6.07 Å². The van der Waals surface area contributed by atoms with Crippen molar-refractivity contribution in [2.75, 3.05) is 7.11 Å². The smallest absolute Gasteiger partial charge is 0.375 e. The van der Waals surface area contributed by atoms with Crippen LogP contribution in [0.15, 0.2) is 36.1 Å². The molecule has 0 saturated carbocycles. The van der Waals surface area contributed by atoms with Crippen LogP contribution in [-0.4, -0.2) is 18.2 Å². The summed E-state index contributed by atoms with van der Waals surface area (Å²) in [7, 11) is 1.25. The Hall–Kier alpha value is -1.81. The highest BCUT2D eigenvalue weighted by atomic mass is 17.2. The van der Waals surface area contributed by atoms with Crippen molar-refractivity contribution in [2.24, 2.45) is 0 Å². The molecule has 1 aromatic carbocycles. The van der Waals surface area contributed by atoms with Gasteiger partial charge in [0.15, 0.2) is 0 Å². The first-order valence-corrected chi connectivity index (χ1v) is 3.94. The fourth-order valence-corrected chi connectivity index (χ4v) is 0.912. The monoisotopic (exact) mass is 194 g/mol. The first-order chi connectivity index (χ1) is 6.74. The molecule has 0 aliphatic heterocycles. The summed E-state index contributed by atoms with van der Waals surface area (Å²) in [6.07, 6.45) is 1.38. The van der Waals surface area contributed by atoms with Crippen molar-refractivity contribution >= 4 is 12.0 Å². The van der Waals surface area contributed by atoms with Crippen molar-refractivity contribution in [2.45, 2.75) is 0 Å². The Kier molecular flexibility index (Phi) is 3.69. The Morgan fingerprint density at radius 3 is 2.50 bits per heavy atom. The summed E-state index contributed by atoms with van der Waals surface area (Å²) >= 11 is 0. The maximum absolute atomic E-state index is 10.6. The van der Waals surface area contributed by atoms with Crippen LogP contribution in [-0.2, 0) is 14.6 Å². The summed E-state index contributed by atoms with van der Waals surface area (Å²) in [5, 5.41) is 8.69. The van der Waals surface area contributed by atoms with Gasteiger partial charge in [-0.15, -0.1) is 0 Å². The van der Waals surface area contributed by atoms with Crippen molar-refractivity contribution in [3.63, 3.8) is 0 Å². The van der Waals surface area contributed by atoms with Crippen molar-refractivity contribution in [3.8, 4) is 0 Å². The van der Waals surface area contributed by atoms with Crippen LogP contribution in [0.5, 0.6) is 0 Å². The quantitative estimate of drug-likeness (QED) is 0.343. The largest absolute Gasteiger partial charge is 0.475 e. The van der Waals surface area contributed by atoms with Gasteiger partial charge in [-0.2, -0.15) is 4.89 Å². The molecular formula is C10H10O4. The fourth-order valence-electron chi connectivity index (χ4n) is 0.912. The van der Waals surface area contributed by atoms with E-state index in [2.05, 4.69) is 9.78 Å². The molecule has 0 aliphatic rings. The van der Waals surface area contributed by atoms with E-state index in [1.54, 1.807) is 24.3 Å². The molecule has 0 bridgehead atoms. The molecule has 1 rings (SSSR count). The highest BCUT2D eigenvalue weighted by Crippen LogP contribution is 2.07. The molecule has 0 amide bonds. The van der Waals surface area contributed by atoms with Gasteiger partial charge in [0.1, 0.15) is 0 Å². The zero-order valence-electron chi connectivity index (χ0n) is 7.64. The average molecular weight is 194 g/mol. The summed E-state index contributed by atoms with van der Waals surface area (Å²) in [5.74, 6) is -1.42. The lowest BCUT2D eigenvalue weighted by atomic mass is 10.2. The SMILES string of the molecule is COOC(=Cc1ccccc1)C(=O)O. The molecule has 0 atom stereocenters. The molecule has 4 heteroatoms. The van der Waals surface area contributed by atoms with Crippen LogP contribution in [0.2, 0.25) is 0 Å². The lowest BCUT2D eigenvalue weighted by Gasteiger charge is -2.00. The Balaban J connectivity index is 2.88. The van der Waals surface area contributed by atoms with E-state index in [0.717, 1.165) is 5.56 Å². The van der Waals surface area contributed by atoms with E-state index >= 15 is 0 Å². The lowest BCUT2D eigenvalue weighted by molar-refractivity contribution is -0.239. The van der Waals surface area contributed by atoms with Gasteiger partial charge in [-0.05, 0) is 11.6 Å². The number of carboxylic acid groups (broad SMARTS) is 1. The number of rotatable bonds is 4. The number of carboxylic acids is 1. The molecule has 0 spiro atoms. The highest BCUT2D eigenvalue weighted by Gasteiger charge is 2.09. The van der Waals surface area contributed by atoms with E-state index in [4.69, 9.17) is 5.11 Å². The first kappa shape index (κ1) is 10.3. The van der Waals surface area contributed by atoms with Crippen molar-refractivity contribution < 1.29 is 19.7 Å². The molecule has 1 aromatic rings. The molecule has 74 valence electrons. The predicted octanol–water partition coefficient (Wildman–Crippen LogP) is 1.69. The van der Waals surface area contributed by atoms with Crippen LogP contribution in [0.4, 0.5) is 0 Å². The minimum atomic E-state index is -1.17. The molecular weight excluding hydrogens is 184 g/mol. The molecule has 1 N–H and O–H groups in total. The van der Waals surface area contributed by atoms with E-state index in [9.17, 15) is 4.79 Å². The molecule has 0 radical (unpaired) electrons. The standard InChI is InChI=1S/C10H10O4/c1-13-14-9(10(11)12)7-8-5-3-2-4-6-8/h2-7H,1H3,(H,11,12). The molecule has 0 fully saturated rings. The highest BCUT2D eigenvalue weighted by molar-refractivity contribution is 5.89. The van der Waals surface area contributed by atoms with Crippen molar-refractivity contribution in [1.82, 2.24) is 0 Å². The number of benzene rings is 1. The van der Waals surface area contributed by atoms with Gasteiger partial charge in [-0.25, -0.2) is 4.79 Å². The number of carbonyl (C=O) groups is 1. The van der Waals surface area contributed by atoms with Gasteiger partial charge in [0.05, 0.1) is 7.11 Å². The second kappa shape index (κ2) is 5.04. The maximum atomic E-state index is 10.6. The third kappa shape index (κ3) is 2.91. The summed E-state index contributed by atoms with van der Waals surface area (Å²) < 4.78 is 0. The van der Waals surface area contributed by atoms with Crippen molar-refractivity contribution in [3.05, 3.63) is 41.7 Å². The maximum Gasteiger partial charge on any atom is 0.375 e. The molecule has 0 heterocycles. The Morgan fingerprint density at radius 2 is 2.00 bits per heavy atom. The van der Waals surface area contributed by atoms with Crippen LogP contribution in [0.3, 0.4) is 0 Å². The molecule has 14 heavy (non-hydrogen) atoms. The second-order valence-electron chi connectivity index (χ2n) is 2.47. The minimum absolute atomic E-state index is 0.251. The summed E-state index contributed by atoms with van der Waals surface area (Å²) in [5.41, 5.74) is 0.738. The average Bonchev–Trinajstić information content (AvgIpc) is 2.18. The van der Waals surface area contributed by atoms with Crippen LogP contribution in [0.1, 0.15) is 5.56 Å². The summed E-state index contributed by atoms with van der Waals surface area (Å²) in [4.78, 5) is 19.4. The van der Waals surface area contributed by atoms with Gasteiger partial charge in [-0.3, -0.25) is 0 Å². The lowest BCUT2D eigenvalue weighted by Crippen LogP contribution is -2.04. The topological polar surface area (TPSA) is 55.8 Å². The summed E-state index contributed by atoms with van der Waals surface area (Å²) in [6.45, 7) is 0. The first-order valence-electron chi connectivity index (χ1n) is 3.94. The molecule has 0 aromatic heterocycles. The van der Waals surface area contributed by atoms with Gasteiger partial charge < -0.3 is 9.99 Å². The summed E-state index contributed by atoms with van der Waals surface area (Å²) in [6, 6.07) is 8.98. The van der Waals surface area contributed by atoms with Gasteiger partial charge in [0.2, 0.25) is 5.76 Å². The van der Waals surface area contributed by atoms with Crippen LogP contribution in [0, 0.1) is 0 Å². The molecule has 4 nitrogen and oxygen atoms in total. The van der Waals surface area contributed by atoms with Gasteiger partial charge in [0, 0.05) is 0 Å². The number of hydrogen-bond donors (Lipinski definition) is 1. The van der Waals surface area contributed by atoms with Crippen LogP contribution >= 0.6 is 0 Å². The van der Waals surface area contributed by atoms with Crippen LogP contribution in [0.25, 0.3) is 6.08 Å².